The second kappa shape index (κ2) is 6.90. The minimum Gasteiger partial charge on any atom is -0.508 e. The highest BCUT2D eigenvalue weighted by molar-refractivity contribution is 6.04. The van der Waals surface area contributed by atoms with Gasteiger partial charge >= 0.3 is 6.03 Å². The standard InChI is InChI=1S/C17H21N3O4/c21-13-3-1-2-12(10-13)11-6-8-20(9-7-11)15(22)5-4-14-16(23)19-17(24)18-14/h1-3,10-11,14,21H,4-9H2,(H2,18,19,23,24)/t14-/m0/s1. The maximum absolute atomic E-state index is 12.3. The average molecular weight is 331 g/mol. The van der Waals surface area contributed by atoms with Crippen molar-refractivity contribution in [3.63, 3.8) is 0 Å². The van der Waals surface area contributed by atoms with E-state index in [-0.39, 0.29) is 24.0 Å². The third-order valence-electron chi connectivity index (χ3n) is 4.69. The predicted molar refractivity (Wildman–Crippen MR) is 86.4 cm³/mol. The monoisotopic (exact) mass is 331 g/mol. The van der Waals surface area contributed by atoms with E-state index in [4.69, 9.17) is 0 Å². The molecule has 0 radical (unpaired) electrons. The molecule has 7 nitrogen and oxygen atoms in total. The lowest BCUT2D eigenvalue weighted by Crippen LogP contribution is -2.39. The number of urea groups is 1. The number of phenols is 1. The number of rotatable bonds is 4. The molecule has 2 fully saturated rings. The van der Waals surface area contributed by atoms with Crippen molar-refractivity contribution in [2.45, 2.75) is 37.6 Å². The Hall–Kier alpha value is -2.57. The fourth-order valence-electron chi connectivity index (χ4n) is 3.33. The first-order valence-electron chi connectivity index (χ1n) is 8.21. The molecule has 2 aliphatic rings. The van der Waals surface area contributed by atoms with Gasteiger partial charge in [0.25, 0.3) is 5.91 Å². The summed E-state index contributed by atoms with van der Waals surface area (Å²) in [4.78, 5) is 36.6. The Kier molecular flexibility index (Phi) is 4.69. The Bertz CT molecular complexity index is 653. The average Bonchev–Trinajstić information content (AvgIpc) is 2.90. The first-order valence-corrected chi connectivity index (χ1v) is 8.21. The zero-order valence-corrected chi connectivity index (χ0v) is 13.3. The number of phenolic OH excluding ortho intramolecular Hbond substituents is 1. The number of amides is 4. The van der Waals surface area contributed by atoms with Crippen molar-refractivity contribution >= 4 is 17.8 Å². The smallest absolute Gasteiger partial charge is 0.322 e. The molecule has 3 N–H and O–H groups in total. The molecule has 128 valence electrons. The van der Waals surface area contributed by atoms with Gasteiger partial charge in [0.05, 0.1) is 0 Å². The fourth-order valence-corrected chi connectivity index (χ4v) is 3.33. The summed E-state index contributed by atoms with van der Waals surface area (Å²) in [5.74, 6) is 0.262. The second-order valence-corrected chi connectivity index (χ2v) is 6.30. The van der Waals surface area contributed by atoms with Gasteiger partial charge in [0, 0.05) is 19.5 Å². The fraction of sp³-hybridized carbons (Fsp3) is 0.471. The Balaban J connectivity index is 1.47. The van der Waals surface area contributed by atoms with E-state index in [0.29, 0.717) is 25.4 Å². The predicted octanol–water partition coefficient (Wildman–Crippen LogP) is 1.09. The summed E-state index contributed by atoms with van der Waals surface area (Å²) in [6, 6.07) is 6.17. The Labute approximate surface area is 140 Å². The summed E-state index contributed by atoms with van der Waals surface area (Å²) >= 11 is 0. The molecule has 7 heteroatoms. The summed E-state index contributed by atoms with van der Waals surface area (Å²) in [7, 11) is 0. The number of carbonyl (C=O) groups excluding carboxylic acids is 3. The van der Waals surface area contributed by atoms with Crippen LogP contribution in [-0.2, 0) is 9.59 Å². The minimum atomic E-state index is -0.605. The van der Waals surface area contributed by atoms with Crippen molar-refractivity contribution in [1.29, 1.82) is 0 Å². The third kappa shape index (κ3) is 3.67. The van der Waals surface area contributed by atoms with Crippen molar-refractivity contribution in [2.75, 3.05) is 13.1 Å². The molecule has 2 saturated heterocycles. The van der Waals surface area contributed by atoms with E-state index in [0.717, 1.165) is 18.4 Å². The van der Waals surface area contributed by atoms with Gasteiger partial charge in [0.2, 0.25) is 5.91 Å². The van der Waals surface area contributed by atoms with E-state index in [1.807, 2.05) is 17.0 Å². The summed E-state index contributed by atoms with van der Waals surface area (Å²) in [6.45, 7) is 1.34. The minimum absolute atomic E-state index is 0.0123. The van der Waals surface area contributed by atoms with Crippen LogP contribution in [0.15, 0.2) is 24.3 Å². The van der Waals surface area contributed by atoms with Crippen molar-refractivity contribution in [1.82, 2.24) is 15.5 Å². The van der Waals surface area contributed by atoms with Gasteiger partial charge in [-0.15, -0.1) is 0 Å². The van der Waals surface area contributed by atoms with E-state index < -0.39 is 12.1 Å². The number of nitrogens with zero attached hydrogens (tertiary/aromatic N) is 1. The second-order valence-electron chi connectivity index (χ2n) is 6.30. The SMILES string of the molecule is O=C1NC(=O)[C@H](CCC(=O)N2CCC(c3cccc(O)c3)CC2)N1. The Morgan fingerprint density at radius 1 is 1.25 bits per heavy atom. The molecule has 2 heterocycles. The first kappa shape index (κ1) is 16.3. The summed E-state index contributed by atoms with van der Waals surface area (Å²) in [5, 5.41) is 14.2. The van der Waals surface area contributed by atoms with Crippen LogP contribution in [0.1, 0.15) is 37.2 Å². The van der Waals surface area contributed by atoms with E-state index in [2.05, 4.69) is 10.6 Å². The number of nitrogens with one attached hydrogen (secondary N) is 2. The molecule has 4 amide bonds. The van der Waals surface area contributed by atoms with Crippen LogP contribution >= 0.6 is 0 Å². The van der Waals surface area contributed by atoms with Gasteiger partial charge in [-0.1, -0.05) is 12.1 Å². The van der Waals surface area contributed by atoms with Gasteiger partial charge in [0.1, 0.15) is 11.8 Å². The van der Waals surface area contributed by atoms with Crippen LogP contribution in [0.4, 0.5) is 4.79 Å². The lowest BCUT2D eigenvalue weighted by molar-refractivity contribution is -0.132. The molecule has 0 unspecified atom stereocenters. The number of carbonyl (C=O) groups is 3. The number of likely N-dealkylation sites (tertiary alicyclic amines) is 1. The maximum Gasteiger partial charge on any atom is 0.322 e. The number of piperidine rings is 1. The topological polar surface area (TPSA) is 98.7 Å². The molecule has 0 bridgehead atoms. The van der Waals surface area contributed by atoms with Crippen molar-refractivity contribution in [2.24, 2.45) is 0 Å². The van der Waals surface area contributed by atoms with E-state index >= 15 is 0 Å². The van der Waals surface area contributed by atoms with Crippen LogP contribution in [0.2, 0.25) is 0 Å². The molecule has 24 heavy (non-hydrogen) atoms. The van der Waals surface area contributed by atoms with Gasteiger partial charge in [-0.05, 0) is 42.9 Å². The molecule has 3 rings (SSSR count). The molecule has 0 aliphatic carbocycles. The molecule has 0 aromatic heterocycles. The molecule has 1 atom stereocenters. The van der Waals surface area contributed by atoms with Crippen LogP contribution < -0.4 is 10.6 Å². The van der Waals surface area contributed by atoms with Crippen LogP contribution in [0.5, 0.6) is 5.75 Å². The Morgan fingerprint density at radius 2 is 2.00 bits per heavy atom. The lowest BCUT2D eigenvalue weighted by Gasteiger charge is -2.32. The number of aromatic hydroxyl groups is 1. The Morgan fingerprint density at radius 3 is 2.62 bits per heavy atom. The molecule has 0 saturated carbocycles. The number of benzene rings is 1. The highest BCUT2D eigenvalue weighted by Crippen LogP contribution is 2.30. The van der Waals surface area contributed by atoms with E-state index in [9.17, 15) is 19.5 Å². The number of hydrogen-bond acceptors (Lipinski definition) is 4. The van der Waals surface area contributed by atoms with Crippen LogP contribution in [0.3, 0.4) is 0 Å². The molecule has 0 spiro atoms. The molecular weight excluding hydrogens is 310 g/mol. The van der Waals surface area contributed by atoms with Gasteiger partial charge in [-0.25, -0.2) is 4.79 Å². The summed E-state index contributed by atoms with van der Waals surface area (Å²) in [6.07, 6.45) is 2.28. The normalized spacial score (nSPS) is 21.5. The van der Waals surface area contributed by atoms with Gasteiger partial charge in [0.15, 0.2) is 0 Å². The largest absolute Gasteiger partial charge is 0.508 e. The molecular formula is C17H21N3O4. The van der Waals surface area contributed by atoms with Gasteiger partial charge in [-0.3, -0.25) is 14.9 Å². The molecule has 1 aromatic rings. The molecule has 1 aromatic carbocycles. The van der Waals surface area contributed by atoms with E-state index in [1.54, 1.807) is 12.1 Å². The lowest BCUT2D eigenvalue weighted by atomic mass is 9.89. The quantitative estimate of drug-likeness (QED) is 0.719. The first-order chi connectivity index (χ1) is 11.5. The number of imide groups is 1. The van der Waals surface area contributed by atoms with Crippen LogP contribution in [0, 0.1) is 0 Å². The number of hydrogen-bond donors (Lipinski definition) is 3. The van der Waals surface area contributed by atoms with Gasteiger partial charge in [-0.2, -0.15) is 0 Å². The van der Waals surface area contributed by atoms with Crippen molar-refractivity contribution in [3.8, 4) is 5.75 Å². The highest BCUT2D eigenvalue weighted by Gasteiger charge is 2.31. The van der Waals surface area contributed by atoms with Gasteiger partial charge < -0.3 is 15.3 Å². The van der Waals surface area contributed by atoms with Crippen LogP contribution in [0.25, 0.3) is 0 Å². The van der Waals surface area contributed by atoms with E-state index in [1.165, 1.54) is 0 Å². The zero-order chi connectivity index (χ0) is 17.1. The summed E-state index contributed by atoms with van der Waals surface area (Å²) in [5.41, 5.74) is 1.10. The van der Waals surface area contributed by atoms with Crippen LogP contribution in [-0.4, -0.2) is 47.0 Å². The summed E-state index contributed by atoms with van der Waals surface area (Å²) < 4.78 is 0. The van der Waals surface area contributed by atoms with Crippen molar-refractivity contribution < 1.29 is 19.5 Å². The highest BCUT2D eigenvalue weighted by atomic mass is 16.3. The van der Waals surface area contributed by atoms with Crippen molar-refractivity contribution in [3.05, 3.63) is 29.8 Å². The zero-order valence-electron chi connectivity index (χ0n) is 13.3. The molecule has 2 aliphatic heterocycles. The maximum atomic E-state index is 12.3. The third-order valence-corrected chi connectivity index (χ3v) is 4.69.